The lowest BCUT2D eigenvalue weighted by Crippen LogP contribution is -2.48. The first-order chi connectivity index (χ1) is 14.6. The summed E-state index contributed by atoms with van der Waals surface area (Å²) in [5.74, 6) is -0.385. The van der Waals surface area contributed by atoms with Gasteiger partial charge in [-0.05, 0) is 51.2 Å². The SMILES string of the molecule is C[C@H]1C2[C@H]1C[C@@H](C(=O)Nc1cccc(-c3ccccc3Cl)c1F)N2C(=O)OC(C)(C)C. The van der Waals surface area contributed by atoms with E-state index in [1.165, 1.54) is 11.0 Å². The second-order valence-corrected chi connectivity index (χ2v) is 9.70. The maximum atomic E-state index is 15.2. The van der Waals surface area contributed by atoms with Gasteiger partial charge in [0.25, 0.3) is 0 Å². The Labute approximate surface area is 186 Å². The molecule has 0 radical (unpaired) electrons. The Morgan fingerprint density at radius 1 is 1.13 bits per heavy atom. The van der Waals surface area contributed by atoms with Crippen LogP contribution in [0, 0.1) is 17.7 Å². The predicted octanol–water partition coefficient (Wildman–Crippen LogP) is 5.73. The van der Waals surface area contributed by atoms with Gasteiger partial charge in [0, 0.05) is 22.2 Å². The fourth-order valence-corrected chi connectivity index (χ4v) is 4.68. The Kier molecular flexibility index (Phi) is 5.46. The van der Waals surface area contributed by atoms with Crippen LogP contribution in [0.5, 0.6) is 0 Å². The molecule has 0 aromatic heterocycles. The maximum absolute atomic E-state index is 15.2. The molecule has 2 aromatic carbocycles. The second kappa shape index (κ2) is 7.83. The van der Waals surface area contributed by atoms with Crippen molar-refractivity contribution in [3.05, 3.63) is 53.3 Å². The Morgan fingerprint density at radius 3 is 2.48 bits per heavy atom. The van der Waals surface area contributed by atoms with E-state index in [-0.39, 0.29) is 17.6 Å². The molecule has 2 aliphatic rings. The molecule has 1 aliphatic heterocycles. The van der Waals surface area contributed by atoms with Crippen molar-refractivity contribution in [2.75, 3.05) is 5.32 Å². The summed E-state index contributed by atoms with van der Waals surface area (Å²) < 4.78 is 20.8. The number of carbonyl (C=O) groups excluding carboxylic acids is 2. The number of hydrogen-bond acceptors (Lipinski definition) is 3. The first-order valence-corrected chi connectivity index (χ1v) is 10.8. The summed E-state index contributed by atoms with van der Waals surface area (Å²) in [6, 6.07) is 11.0. The molecule has 1 saturated heterocycles. The van der Waals surface area contributed by atoms with Gasteiger partial charge in [0.2, 0.25) is 5.91 Å². The molecular formula is C24H26ClFN2O3. The number of amides is 2. The van der Waals surface area contributed by atoms with Crippen LogP contribution in [0.4, 0.5) is 14.9 Å². The molecule has 2 amide bonds. The zero-order chi connectivity index (χ0) is 22.5. The van der Waals surface area contributed by atoms with E-state index in [1.807, 2.05) is 0 Å². The number of hydrogen-bond donors (Lipinski definition) is 1. The summed E-state index contributed by atoms with van der Waals surface area (Å²) >= 11 is 6.22. The van der Waals surface area contributed by atoms with Crippen molar-refractivity contribution >= 4 is 29.3 Å². The molecule has 1 heterocycles. The topological polar surface area (TPSA) is 58.6 Å². The number of anilines is 1. The molecule has 1 unspecified atom stereocenters. The van der Waals surface area contributed by atoms with E-state index < -0.39 is 29.5 Å². The number of halogens is 2. The van der Waals surface area contributed by atoms with Gasteiger partial charge in [-0.25, -0.2) is 9.18 Å². The fraction of sp³-hybridized carbons (Fsp3) is 0.417. The molecule has 164 valence electrons. The van der Waals surface area contributed by atoms with Crippen LogP contribution in [0.25, 0.3) is 11.1 Å². The minimum Gasteiger partial charge on any atom is -0.444 e. The molecule has 31 heavy (non-hydrogen) atoms. The summed E-state index contributed by atoms with van der Waals surface area (Å²) in [5, 5.41) is 3.10. The zero-order valence-electron chi connectivity index (χ0n) is 18.0. The summed E-state index contributed by atoms with van der Waals surface area (Å²) in [6.07, 6.45) is 0.0396. The Balaban J connectivity index is 1.56. The first kappa shape index (κ1) is 21.6. The molecule has 4 rings (SSSR count). The molecule has 0 bridgehead atoms. The average Bonchev–Trinajstić information content (AvgIpc) is 3.12. The van der Waals surface area contributed by atoms with Gasteiger partial charge in [-0.15, -0.1) is 0 Å². The molecule has 2 fully saturated rings. The van der Waals surface area contributed by atoms with E-state index in [0.717, 1.165) is 0 Å². The van der Waals surface area contributed by atoms with Gasteiger partial charge >= 0.3 is 6.09 Å². The number of rotatable bonds is 3. The molecule has 7 heteroatoms. The maximum Gasteiger partial charge on any atom is 0.411 e. The summed E-state index contributed by atoms with van der Waals surface area (Å²) in [7, 11) is 0. The highest BCUT2D eigenvalue weighted by Gasteiger charge is 2.62. The van der Waals surface area contributed by atoms with Gasteiger partial charge in [-0.1, -0.05) is 48.9 Å². The van der Waals surface area contributed by atoms with E-state index in [9.17, 15) is 9.59 Å². The zero-order valence-corrected chi connectivity index (χ0v) is 18.7. The number of fused-ring (bicyclic) bond motifs is 1. The third-order valence-electron chi connectivity index (χ3n) is 5.99. The Morgan fingerprint density at radius 2 is 1.81 bits per heavy atom. The largest absolute Gasteiger partial charge is 0.444 e. The van der Waals surface area contributed by atoms with Gasteiger partial charge in [0.15, 0.2) is 5.82 Å². The number of benzene rings is 2. The van der Waals surface area contributed by atoms with Crippen LogP contribution >= 0.6 is 11.6 Å². The van der Waals surface area contributed by atoms with Crippen molar-refractivity contribution in [1.29, 1.82) is 0 Å². The Bertz CT molecular complexity index is 1040. The highest BCUT2D eigenvalue weighted by Crippen LogP contribution is 2.53. The van der Waals surface area contributed by atoms with Crippen LogP contribution in [-0.2, 0) is 9.53 Å². The van der Waals surface area contributed by atoms with E-state index in [1.54, 1.807) is 57.2 Å². The molecule has 4 atom stereocenters. The number of nitrogens with zero attached hydrogens (tertiary/aromatic N) is 1. The standard InChI is InChI=1S/C24H26ClFN2O3/c1-13-16-12-19(28(21(13)16)23(30)31-24(2,3)4)22(29)27-18-11-7-9-15(20(18)26)14-8-5-6-10-17(14)25/h5-11,13,16,19,21H,12H2,1-4H3,(H,27,29)/t13-,16+,19+,21?/m1/s1. The first-order valence-electron chi connectivity index (χ1n) is 10.4. The van der Waals surface area contributed by atoms with Crippen LogP contribution in [0.3, 0.4) is 0 Å². The third kappa shape index (κ3) is 4.13. The lowest BCUT2D eigenvalue weighted by atomic mass is 10.0. The molecule has 0 spiro atoms. The smallest absolute Gasteiger partial charge is 0.411 e. The molecule has 1 aliphatic carbocycles. The van der Waals surface area contributed by atoms with Crippen LogP contribution in [0.15, 0.2) is 42.5 Å². The summed E-state index contributed by atoms with van der Waals surface area (Å²) in [6.45, 7) is 7.44. The van der Waals surface area contributed by atoms with Gasteiger partial charge in [-0.2, -0.15) is 0 Å². The quantitative estimate of drug-likeness (QED) is 0.657. The number of nitrogens with one attached hydrogen (secondary N) is 1. The lowest BCUT2D eigenvalue weighted by molar-refractivity contribution is -0.121. The van der Waals surface area contributed by atoms with Crippen molar-refractivity contribution < 1.29 is 18.7 Å². The normalized spacial score (nSPS) is 24.5. The highest BCUT2D eigenvalue weighted by atomic mass is 35.5. The van der Waals surface area contributed by atoms with Gasteiger partial charge in [0.05, 0.1) is 5.69 Å². The third-order valence-corrected chi connectivity index (χ3v) is 6.32. The van der Waals surface area contributed by atoms with Crippen molar-refractivity contribution in [3.63, 3.8) is 0 Å². The number of piperidine rings is 1. The minimum absolute atomic E-state index is 0.00935. The monoisotopic (exact) mass is 444 g/mol. The summed E-state index contributed by atoms with van der Waals surface area (Å²) in [4.78, 5) is 27.4. The van der Waals surface area contributed by atoms with Crippen molar-refractivity contribution in [2.45, 2.75) is 51.8 Å². The van der Waals surface area contributed by atoms with E-state index in [2.05, 4.69) is 12.2 Å². The van der Waals surface area contributed by atoms with Crippen molar-refractivity contribution in [2.24, 2.45) is 11.8 Å². The van der Waals surface area contributed by atoms with Crippen LogP contribution < -0.4 is 5.32 Å². The van der Waals surface area contributed by atoms with E-state index in [0.29, 0.717) is 28.5 Å². The van der Waals surface area contributed by atoms with Crippen LogP contribution in [0.1, 0.15) is 34.1 Å². The van der Waals surface area contributed by atoms with E-state index >= 15 is 4.39 Å². The molecular weight excluding hydrogens is 419 g/mol. The number of carbonyl (C=O) groups is 2. The summed E-state index contributed by atoms with van der Waals surface area (Å²) in [5.41, 5.74) is 0.239. The number of ether oxygens (including phenoxy) is 1. The van der Waals surface area contributed by atoms with Gasteiger partial charge in [0.1, 0.15) is 11.6 Å². The predicted molar refractivity (Wildman–Crippen MR) is 118 cm³/mol. The van der Waals surface area contributed by atoms with Crippen LogP contribution in [0.2, 0.25) is 5.02 Å². The van der Waals surface area contributed by atoms with Crippen molar-refractivity contribution in [3.8, 4) is 11.1 Å². The van der Waals surface area contributed by atoms with Gasteiger partial charge in [-0.3, -0.25) is 9.69 Å². The highest BCUT2D eigenvalue weighted by molar-refractivity contribution is 6.33. The minimum atomic E-state index is -0.690. The van der Waals surface area contributed by atoms with Crippen molar-refractivity contribution in [1.82, 2.24) is 4.90 Å². The second-order valence-electron chi connectivity index (χ2n) is 9.29. The molecule has 5 nitrogen and oxygen atoms in total. The molecule has 1 N–H and O–H groups in total. The number of likely N-dealkylation sites (tertiary alicyclic amines) is 1. The average molecular weight is 445 g/mol. The Hall–Kier alpha value is -2.60. The van der Waals surface area contributed by atoms with E-state index in [4.69, 9.17) is 16.3 Å². The van der Waals surface area contributed by atoms with Gasteiger partial charge < -0.3 is 10.1 Å². The molecule has 1 saturated carbocycles. The van der Waals surface area contributed by atoms with Crippen LogP contribution in [-0.4, -0.2) is 34.6 Å². The lowest BCUT2D eigenvalue weighted by Gasteiger charge is -2.30. The molecule has 2 aromatic rings. The fourth-order valence-electron chi connectivity index (χ4n) is 4.44.